The molecule has 0 amide bonds. The first-order valence-electron chi connectivity index (χ1n) is 19.9. The van der Waals surface area contributed by atoms with E-state index in [0.29, 0.717) is 0 Å². The smallest absolute Gasteiger partial charge is 0.0553 e. The highest BCUT2D eigenvalue weighted by Gasteiger charge is 2.22. The quantitative estimate of drug-likeness (QED) is 0.158. The van der Waals surface area contributed by atoms with Crippen LogP contribution in [0.2, 0.25) is 0 Å². The molecule has 0 saturated heterocycles. The molecule has 0 aliphatic rings. The first-order valence-corrected chi connectivity index (χ1v) is 19.9. The lowest BCUT2D eigenvalue weighted by Gasteiger charge is -2.28. The number of benzene rings is 10. The van der Waals surface area contributed by atoms with Crippen LogP contribution in [0.15, 0.2) is 231 Å². The second-order valence-corrected chi connectivity index (χ2v) is 14.9. The monoisotopic (exact) mass is 738 g/mol. The maximum Gasteiger partial charge on any atom is 0.0553 e. The van der Waals surface area contributed by atoms with E-state index < -0.39 is 0 Å². The van der Waals surface area contributed by atoms with Crippen LogP contribution in [0.1, 0.15) is 0 Å². The van der Waals surface area contributed by atoms with E-state index in [9.17, 15) is 0 Å². The maximum atomic E-state index is 2.46. The molecule has 1 heterocycles. The molecule has 0 spiro atoms. The Morgan fingerprint density at radius 1 is 0.310 bits per heavy atom. The van der Waals surface area contributed by atoms with Gasteiger partial charge < -0.3 is 9.47 Å². The first kappa shape index (κ1) is 33.6. The summed E-state index contributed by atoms with van der Waals surface area (Å²) < 4.78 is 2.42. The lowest BCUT2D eigenvalue weighted by atomic mass is 9.92. The third-order valence-corrected chi connectivity index (χ3v) is 11.5. The minimum Gasteiger partial charge on any atom is -0.310 e. The van der Waals surface area contributed by atoms with Crippen LogP contribution in [0.4, 0.5) is 17.1 Å². The van der Waals surface area contributed by atoms with Gasteiger partial charge in [-0.05, 0) is 110 Å². The Labute approximate surface area is 338 Å². The van der Waals surface area contributed by atoms with Gasteiger partial charge in [-0.1, -0.05) is 170 Å². The molecule has 0 bridgehead atoms. The van der Waals surface area contributed by atoms with Crippen LogP contribution < -0.4 is 4.90 Å². The van der Waals surface area contributed by atoms with Gasteiger partial charge in [-0.2, -0.15) is 0 Å². The van der Waals surface area contributed by atoms with Gasteiger partial charge in [0.25, 0.3) is 0 Å². The van der Waals surface area contributed by atoms with Crippen LogP contribution in [0.5, 0.6) is 0 Å². The largest absolute Gasteiger partial charge is 0.310 e. The number of hydrogen-bond donors (Lipinski definition) is 0. The van der Waals surface area contributed by atoms with Crippen LogP contribution in [-0.4, -0.2) is 4.57 Å². The Morgan fingerprint density at radius 3 is 1.57 bits per heavy atom. The third-order valence-electron chi connectivity index (χ3n) is 11.5. The van der Waals surface area contributed by atoms with Crippen LogP contribution >= 0.6 is 0 Å². The number of rotatable bonds is 7. The van der Waals surface area contributed by atoms with Crippen LogP contribution in [-0.2, 0) is 0 Å². The Bertz CT molecular complexity index is 3210. The second kappa shape index (κ2) is 14.1. The van der Waals surface area contributed by atoms with Gasteiger partial charge >= 0.3 is 0 Å². The molecule has 11 rings (SSSR count). The molecule has 0 aliphatic heterocycles. The molecule has 1 aromatic heterocycles. The van der Waals surface area contributed by atoms with Crippen molar-refractivity contribution in [2.45, 2.75) is 0 Å². The normalized spacial score (nSPS) is 11.4. The highest BCUT2D eigenvalue weighted by Crippen LogP contribution is 2.46. The fourth-order valence-electron chi connectivity index (χ4n) is 8.91. The molecule has 10 aromatic carbocycles. The van der Waals surface area contributed by atoms with Crippen molar-refractivity contribution in [2.24, 2.45) is 0 Å². The summed E-state index contributed by atoms with van der Waals surface area (Å²) in [5.41, 5.74) is 14.0. The lowest BCUT2D eigenvalue weighted by Crippen LogP contribution is -2.11. The number of nitrogens with zero attached hydrogens (tertiary/aromatic N) is 2. The topological polar surface area (TPSA) is 8.17 Å². The van der Waals surface area contributed by atoms with E-state index in [1.54, 1.807) is 0 Å². The van der Waals surface area contributed by atoms with Crippen molar-refractivity contribution in [3.8, 4) is 39.1 Å². The molecule has 11 aromatic rings. The molecule has 58 heavy (non-hydrogen) atoms. The number of aromatic nitrogens is 1. The molecule has 0 radical (unpaired) electrons. The predicted molar refractivity (Wildman–Crippen MR) is 247 cm³/mol. The Morgan fingerprint density at radius 2 is 0.845 bits per heavy atom. The number of para-hydroxylation sites is 2. The summed E-state index contributed by atoms with van der Waals surface area (Å²) in [4.78, 5) is 2.46. The summed E-state index contributed by atoms with van der Waals surface area (Å²) in [6.07, 6.45) is 0. The number of anilines is 3. The van der Waals surface area contributed by atoms with Crippen molar-refractivity contribution in [3.05, 3.63) is 231 Å². The maximum absolute atomic E-state index is 2.46. The molecule has 0 aliphatic carbocycles. The fraction of sp³-hybridized carbons (Fsp3) is 0. The van der Waals surface area contributed by atoms with Crippen LogP contribution in [0.25, 0.3) is 82.4 Å². The minimum atomic E-state index is 1.09. The lowest BCUT2D eigenvalue weighted by molar-refractivity contribution is 1.18. The Kier molecular flexibility index (Phi) is 8.19. The molecule has 0 unspecified atom stereocenters. The predicted octanol–water partition coefficient (Wildman–Crippen LogP) is 15.6. The molecule has 272 valence electrons. The molecule has 2 nitrogen and oxygen atoms in total. The SMILES string of the molecule is c1ccc(-c2cc(-c3ccccc3)cc(N(c3cccc(-c4c5ccccc5cc5c4c4ccccc4n5-c4ccccc4)c3)c3cccc4ccccc34)c2)cc1. The Balaban J connectivity index is 1.21. The van der Waals surface area contributed by atoms with Crippen molar-refractivity contribution < 1.29 is 0 Å². The summed E-state index contributed by atoms with van der Waals surface area (Å²) in [5.74, 6) is 0. The summed E-state index contributed by atoms with van der Waals surface area (Å²) in [7, 11) is 0. The standard InChI is InChI=1S/C56H38N2/c1-4-18-39(19-5-1)44-34-45(40-20-6-2-7-21-40)37-48(36-44)57(52-33-17-24-41-22-10-12-29-49(41)52)47-28-16-25-43(35-47)55-50-30-13-11-23-42(50)38-54-56(55)51-31-14-15-32-53(51)58(54)46-26-8-3-9-27-46/h1-38H. The number of hydrogen-bond acceptors (Lipinski definition) is 1. The molecule has 0 N–H and O–H groups in total. The van der Waals surface area contributed by atoms with Crippen molar-refractivity contribution in [2.75, 3.05) is 4.90 Å². The number of fused-ring (bicyclic) bond motifs is 5. The summed E-state index contributed by atoms with van der Waals surface area (Å²) >= 11 is 0. The molecule has 0 atom stereocenters. The highest BCUT2D eigenvalue weighted by molar-refractivity contribution is 6.23. The second-order valence-electron chi connectivity index (χ2n) is 14.9. The van der Waals surface area contributed by atoms with Gasteiger partial charge in [-0.25, -0.2) is 0 Å². The van der Waals surface area contributed by atoms with Crippen LogP contribution in [0.3, 0.4) is 0 Å². The minimum absolute atomic E-state index is 1.09. The average Bonchev–Trinajstić information content (AvgIpc) is 3.63. The van der Waals surface area contributed by atoms with E-state index in [4.69, 9.17) is 0 Å². The van der Waals surface area contributed by atoms with Gasteiger partial charge in [-0.3, -0.25) is 0 Å². The van der Waals surface area contributed by atoms with E-state index in [0.717, 1.165) is 22.7 Å². The average molecular weight is 739 g/mol. The van der Waals surface area contributed by atoms with Gasteiger partial charge in [0.05, 0.1) is 16.7 Å². The van der Waals surface area contributed by atoms with Gasteiger partial charge in [-0.15, -0.1) is 0 Å². The van der Waals surface area contributed by atoms with Gasteiger partial charge in [0, 0.05) is 33.2 Å². The molecule has 2 heteroatoms. The van der Waals surface area contributed by atoms with Gasteiger partial charge in [0.15, 0.2) is 0 Å². The van der Waals surface area contributed by atoms with Gasteiger partial charge in [0.1, 0.15) is 0 Å². The Hall–Kier alpha value is -7.68. The summed E-state index contributed by atoms with van der Waals surface area (Å²) in [6, 6.07) is 83.8. The van der Waals surface area contributed by atoms with Crippen molar-refractivity contribution in [1.82, 2.24) is 4.57 Å². The van der Waals surface area contributed by atoms with E-state index in [1.165, 1.54) is 76.7 Å². The molecule has 0 fully saturated rings. The van der Waals surface area contributed by atoms with Crippen LogP contribution in [0, 0.1) is 0 Å². The molecule has 0 saturated carbocycles. The molecular formula is C56H38N2. The highest BCUT2D eigenvalue weighted by atomic mass is 15.1. The molecular weight excluding hydrogens is 701 g/mol. The third kappa shape index (κ3) is 5.74. The zero-order valence-corrected chi connectivity index (χ0v) is 31.8. The zero-order valence-electron chi connectivity index (χ0n) is 31.8. The van der Waals surface area contributed by atoms with E-state index >= 15 is 0 Å². The van der Waals surface area contributed by atoms with Gasteiger partial charge in [0.2, 0.25) is 0 Å². The van der Waals surface area contributed by atoms with Crippen molar-refractivity contribution >= 4 is 60.4 Å². The van der Waals surface area contributed by atoms with E-state index in [2.05, 4.69) is 240 Å². The first-order chi connectivity index (χ1) is 28.8. The van der Waals surface area contributed by atoms with E-state index in [1.807, 2.05) is 0 Å². The summed E-state index contributed by atoms with van der Waals surface area (Å²) in [6.45, 7) is 0. The zero-order chi connectivity index (χ0) is 38.4. The van der Waals surface area contributed by atoms with Crippen molar-refractivity contribution in [1.29, 1.82) is 0 Å². The summed E-state index contributed by atoms with van der Waals surface area (Å²) in [5, 5.41) is 7.33. The van der Waals surface area contributed by atoms with E-state index in [-0.39, 0.29) is 0 Å². The van der Waals surface area contributed by atoms with Crippen molar-refractivity contribution in [3.63, 3.8) is 0 Å². The fourth-order valence-corrected chi connectivity index (χ4v) is 8.91.